The molecular formula is C20H20N4O4S2. The van der Waals surface area contributed by atoms with E-state index in [-0.39, 0.29) is 23.1 Å². The van der Waals surface area contributed by atoms with E-state index in [0.717, 1.165) is 11.7 Å². The van der Waals surface area contributed by atoms with E-state index in [0.29, 0.717) is 41.7 Å². The first-order valence-corrected chi connectivity index (χ1v) is 11.7. The van der Waals surface area contributed by atoms with Crippen molar-refractivity contribution >= 4 is 50.2 Å². The molecule has 1 aromatic heterocycles. The minimum absolute atomic E-state index is 0.0910. The highest BCUT2D eigenvalue weighted by molar-refractivity contribution is 7.89. The van der Waals surface area contributed by atoms with E-state index < -0.39 is 15.9 Å². The van der Waals surface area contributed by atoms with Gasteiger partial charge >= 0.3 is 0 Å². The van der Waals surface area contributed by atoms with E-state index in [2.05, 4.69) is 14.1 Å². The molecular weight excluding hydrogens is 424 g/mol. The van der Waals surface area contributed by atoms with Gasteiger partial charge in [0.2, 0.25) is 15.9 Å². The van der Waals surface area contributed by atoms with Gasteiger partial charge in [0.05, 0.1) is 17.6 Å². The maximum atomic E-state index is 13.2. The zero-order chi connectivity index (χ0) is 21.3. The maximum absolute atomic E-state index is 13.2. The van der Waals surface area contributed by atoms with E-state index in [1.165, 1.54) is 17.3 Å². The molecule has 156 valence electrons. The van der Waals surface area contributed by atoms with Gasteiger partial charge in [-0.05, 0) is 44.0 Å². The number of amides is 1. The molecule has 0 unspecified atom stereocenters. The van der Waals surface area contributed by atoms with Gasteiger partial charge in [-0.1, -0.05) is 18.2 Å². The monoisotopic (exact) mass is 444 g/mol. The first-order chi connectivity index (χ1) is 14.4. The van der Waals surface area contributed by atoms with Crippen LogP contribution in [0.5, 0.6) is 0 Å². The first-order valence-electron chi connectivity index (χ1n) is 9.49. The number of sulfonamides is 1. The van der Waals surface area contributed by atoms with Gasteiger partial charge in [0.1, 0.15) is 15.9 Å². The zero-order valence-electron chi connectivity index (χ0n) is 16.2. The summed E-state index contributed by atoms with van der Waals surface area (Å²) in [4.78, 5) is 24.5. The summed E-state index contributed by atoms with van der Waals surface area (Å²) in [6, 6.07) is 11.6. The molecule has 1 aliphatic heterocycles. The molecule has 30 heavy (non-hydrogen) atoms. The summed E-state index contributed by atoms with van der Waals surface area (Å²) in [7, 11) is -3.80. The number of carbonyl (C=O) groups is 2. The van der Waals surface area contributed by atoms with Crippen LogP contribution in [0.15, 0.2) is 47.4 Å². The van der Waals surface area contributed by atoms with Crippen molar-refractivity contribution < 1.29 is 18.0 Å². The van der Waals surface area contributed by atoms with Crippen LogP contribution >= 0.6 is 11.7 Å². The standard InChI is InChI=1S/C20H20N4O4S2/c1-13(25)14-5-2-7-16(11-14)21-20(26)15-6-4-10-24(12-15)30(27,28)18-9-3-8-17-19(18)23-29-22-17/h2-3,5,7-9,11,15H,4,6,10,12H2,1H3,(H,21,26)/t15-/m1/s1. The number of nitrogens with one attached hydrogen (secondary N) is 1. The van der Waals surface area contributed by atoms with Crippen LogP contribution in [0, 0.1) is 5.92 Å². The summed E-state index contributed by atoms with van der Waals surface area (Å²) in [5, 5.41) is 2.81. The Bertz CT molecular complexity index is 1220. The minimum Gasteiger partial charge on any atom is -0.326 e. The Kier molecular flexibility index (Phi) is 5.63. The van der Waals surface area contributed by atoms with Crippen LogP contribution in [-0.2, 0) is 14.8 Å². The highest BCUT2D eigenvalue weighted by Gasteiger charge is 2.34. The number of piperidine rings is 1. The van der Waals surface area contributed by atoms with Gasteiger partial charge in [-0.25, -0.2) is 8.42 Å². The number of rotatable bonds is 5. The Morgan fingerprint density at radius 2 is 1.97 bits per heavy atom. The molecule has 10 heteroatoms. The van der Waals surface area contributed by atoms with Crippen LogP contribution < -0.4 is 5.32 Å². The third kappa shape index (κ3) is 3.98. The molecule has 2 heterocycles. The fourth-order valence-electron chi connectivity index (χ4n) is 3.56. The largest absolute Gasteiger partial charge is 0.326 e. The highest BCUT2D eigenvalue weighted by atomic mass is 32.2. The predicted octanol–water partition coefficient (Wildman–Crippen LogP) is 2.93. The molecule has 4 rings (SSSR count). The number of benzene rings is 2. The van der Waals surface area contributed by atoms with Gasteiger partial charge in [0, 0.05) is 24.3 Å². The van der Waals surface area contributed by atoms with Crippen molar-refractivity contribution in [2.24, 2.45) is 5.92 Å². The normalized spacial score (nSPS) is 17.7. The van der Waals surface area contributed by atoms with Crippen LogP contribution in [-0.4, -0.2) is 46.3 Å². The number of fused-ring (bicyclic) bond motifs is 1. The van der Waals surface area contributed by atoms with E-state index in [1.54, 1.807) is 36.4 Å². The number of hydrogen-bond donors (Lipinski definition) is 1. The van der Waals surface area contributed by atoms with Crippen LogP contribution in [0.3, 0.4) is 0 Å². The lowest BCUT2D eigenvalue weighted by Gasteiger charge is -2.31. The minimum atomic E-state index is -3.80. The molecule has 0 bridgehead atoms. The highest BCUT2D eigenvalue weighted by Crippen LogP contribution is 2.28. The van der Waals surface area contributed by atoms with Crippen molar-refractivity contribution in [3.8, 4) is 0 Å². The van der Waals surface area contributed by atoms with Crippen LogP contribution in [0.1, 0.15) is 30.1 Å². The summed E-state index contributed by atoms with van der Waals surface area (Å²) in [5.74, 6) is -0.835. The Morgan fingerprint density at radius 3 is 2.77 bits per heavy atom. The summed E-state index contributed by atoms with van der Waals surface area (Å²) < 4.78 is 36.1. The van der Waals surface area contributed by atoms with Crippen LogP contribution in [0.4, 0.5) is 5.69 Å². The lowest BCUT2D eigenvalue weighted by molar-refractivity contribution is -0.120. The quantitative estimate of drug-likeness (QED) is 0.606. The van der Waals surface area contributed by atoms with E-state index in [1.807, 2.05) is 0 Å². The van der Waals surface area contributed by atoms with Crippen molar-refractivity contribution in [1.29, 1.82) is 0 Å². The fourth-order valence-corrected chi connectivity index (χ4v) is 5.84. The molecule has 1 N–H and O–H groups in total. The van der Waals surface area contributed by atoms with Crippen molar-refractivity contribution in [1.82, 2.24) is 13.1 Å². The first kappa shape index (κ1) is 20.6. The molecule has 0 spiro atoms. The lowest BCUT2D eigenvalue weighted by Crippen LogP contribution is -2.43. The Hall–Kier alpha value is -2.69. The van der Waals surface area contributed by atoms with Crippen LogP contribution in [0.2, 0.25) is 0 Å². The summed E-state index contributed by atoms with van der Waals surface area (Å²) in [6.45, 7) is 1.90. The van der Waals surface area contributed by atoms with Crippen LogP contribution in [0.25, 0.3) is 11.0 Å². The number of anilines is 1. The van der Waals surface area contributed by atoms with Crippen molar-refractivity contribution in [2.75, 3.05) is 18.4 Å². The van der Waals surface area contributed by atoms with E-state index >= 15 is 0 Å². The average Bonchev–Trinajstić information content (AvgIpc) is 3.23. The molecule has 2 aromatic carbocycles. The molecule has 0 saturated carbocycles. The Morgan fingerprint density at radius 1 is 1.17 bits per heavy atom. The number of hydrogen-bond acceptors (Lipinski definition) is 7. The third-order valence-corrected chi connectivity index (χ3v) is 7.60. The third-order valence-electron chi connectivity index (χ3n) is 5.16. The summed E-state index contributed by atoms with van der Waals surface area (Å²) in [6.07, 6.45) is 1.17. The molecule has 1 saturated heterocycles. The molecule has 1 amide bonds. The number of carbonyl (C=O) groups excluding carboxylic acids is 2. The average molecular weight is 445 g/mol. The number of aromatic nitrogens is 2. The van der Waals surface area contributed by atoms with Gasteiger partial charge in [0.15, 0.2) is 5.78 Å². The van der Waals surface area contributed by atoms with Gasteiger partial charge in [-0.2, -0.15) is 13.1 Å². The molecule has 1 fully saturated rings. The fraction of sp³-hybridized carbons (Fsp3) is 0.300. The SMILES string of the molecule is CC(=O)c1cccc(NC(=O)[C@@H]2CCCN(S(=O)(=O)c3cccc4nsnc34)C2)c1. The number of Topliss-reactive ketones (excluding diaryl/α,β-unsaturated/α-hetero) is 1. The maximum Gasteiger partial charge on any atom is 0.245 e. The molecule has 0 aliphatic carbocycles. The Balaban J connectivity index is 1.53. The van der Waals surface area contributed by atoms with Crippen molar-refractivity contribution in [2.45, 2.75) is 24.7 Å². The van der Waals surface area contributed by atoms with Crippen molar-refractivity contribution in [3.05, 3.63) is 48.0 Å². The lowest BCUT2D eigenvalue weighted by atomic mass is 9.98. The molecule has 1 aliphatic rings. The second-order valence-corrected chi connectivity index (χ2v) is 9.65. The topological polar surface area (TPSA) is 109 Å². The second-order valence-electron chi connectivity index (χ2n) is 7.22. The zero-order valence-corrected chi connectivity index (χ0v) is 17.9. The number of ketones is 1. The van der Waals surface area contributed by atoms with E-state index in [9.17, 15) is 18.0 Å². The van der Waals surface area contributed by atoms with Gasteiger partial charge in [-0.15, -0.1) is 0 Å². The summed E-state index contributed by atoms with van der Waals surface area (Å²) >= 11 is 0.969. The second kappa shape index (κ2) is 8.21. The van der Waals surface area contributed by atoms with Gasteiger partial charge in [-0.3, -0.25) is 9.59 Å². The summed E-state index contributed by atoms with van der Waals surface area (Å²) in [5.41, 5.74) is 1.92. The number of nitrogens with zero attached hydrogens (tertiary/aromatic N) is 3. The molecule has 1 atom stereocenters. The molecule has 0 radical (unpaired) electrons. The smallest absolute Gasteiger partial charge is 0.245 e. The van der Waals surface area contributed by atoms with Gasteiger partial charge < -0.3 is 5.32 Å². The van der Waals surface area contributed by atoms with Gasteiger partial charge in [0.25, 0.3) is 0 Å². The molecule has 8 nitrogen and oxygen atoms in total. The predicted molar refractivity (Wildman–Crippen MR) is 114 cm³/mol. The van der Waals surface area contributed by atoms with Crippen molar-refractivity contribution in [3.63, 3.8) is 0 Å². The molecule has 3 aromatic rings. The van der Waals surface area contributed by atoms with E-state index in [4.69, 9.17) is 0 Å². The Labute approximate surface area is 178 Å².